The van der Waals surface area contributed by atoms with Crippen molar-refractivity contribution in [2.24, 2.45) is 0 Å². The largest absolute Gasteiger partial charge is 0.432 e. The van der Waals surface area contributed by atoms with Gasteiger partial charge >= 0.3 is 0 Å². The Morgan fingerprint density at radius 2 is 2.04 bits per heavy atom. The molecule has 0 bridgehead atoms. The van der Waals surface area contributed by atoms with Gasteiger partial charge in [0.1, 0.15) is 5.82 Å². The molecule has 0 atom stereocenters. The molecule has 6 nitrogen and oxygen atoms in total. The molecule has 2 heterocycles. The number of hydrogen-bond acceptors (Lipinski definition) is 3. The molecule has 3 rings (SSSR count). The zero-order valence-electron chi connectivity index (χ0n) is 16.4. The van der Waals surface area contributed by atoms with E-state index in [4.69, 9.17) is 0 Å². The fourth-order valence-corrected chi connectivity index (χ4v) is 4.01. The molecule has 2 aromatic rings. The summed E-state index contributed by atoms with van der Waals surface area (Å²) in [5.74, 6) is -0.958. The van der Waals surface area contributed by atoms with E-state index in [-0.39, 0.29) is 11.8 Å². The van der Waals surface area contributed by atoms with Gasteiger partial charge in [0.2, 0.25) is 0 Å². The van der Waals surface area contributed by atoms with Crippen molar-refractivity contribution in [3.05, 3.63) is 52.1 Å². The maximum absolute atomic E-state index is 13.6. The van der Waals surface area contributed by atoms with Crippen LogP contribution in [0.3, 0.4) is 0 Å². The van der Waals surface area contributed by atoms with Crippen LogP contribution >= 0.6 is 0 Å². The second-order valence-corrected chi connectivity index (χ2v) is 11.8. The Kier molecular flexibility index (Phi) is 5.27. The number of hydrogen-bond donors (Lipinski definition) is 4. The number of H-pyrrole nitrogens is 1. The molecule has 0 saturated carbocycles. The summed E-state index contributed by atoms with van der Waals surface area (Å²) in [6, 6.07) is 4.71. The van der Waals surface area contributed by atoms with E-state index < -0.39 is 14.1 Å². The Labute approximate surface area is 164 Å². The first-order chi connectivity index (χ1) is 13.1. The minimum Gasteiger partial charge on any atom is -0.432 e. The number of aromatic nitrogens is 1. The number of amides is 2. The molecular weight excluding hydrogens is 377 g/mol. The summed E-state index contributed by atoms with van der Waals surface area (Å²) in [4.78, 5) is 37.9. The third-order valence-corrected chi connectivity index (χ3v) is 6.25. The zero-order chi connectivity index (χ0) is 20.6. The topological polar surface area (TPSA) is 94.2 Å². The molecule has 1 aromatic heterocycles. The molecule has 0 saturated heterocycles. The van der Waals surface area contributed by atoms with Crippen LogP contribution in [0.2, 0.25) is 19.1 Å². The number of nitrogens with one attached hydrogen (secondary N) is 3. The van der Waals surface area contributed by atoms with E-state index in [0.717, 1.165) is 0 Å². The highest BCUT2D eigenvalue weighted by Gasteiger charge is 2.26. The molecule has 0 radical (unpaired) electrons. The van der Waals surface area contributed by atoms with Crippen LogP contribution in [0, 0.1) is 19.7 Å². The molecule has 0 aliphatic carbocycles. The smallest absolute Gasteiger partial charge is 0.256 e. The Balaban J connectivity index is 1.89. The van der Waals surface area contributed by atoms with Crippen molar-refractivity contribution >= 4 is 37.5 Å². The maximum Gasteiger partial charge on any atom is 0.256 e. The lowest BCUT2D eigenvalue weighted by Crippen LogP contribution is -2.33. The lowest BCUT2D eigenvalue weighted by molar-refractivity contribution is -0.110. The number of fused-ring (bicyclic) bond motifs is 1. The zero-order valence-corrected chi connectivity index (χ0v) is 17.4. The average molecular weight is 402 g/mol. The van der Waals surface area contributed by atoms with Crippen molar-refractivity contribution in [1.82, 2.24) is 10.3 Å². The molecule has 1 aromatic carbocycles. The SMILES string of the molecule is Cc1[nH]c(/C=C2\C(=O)Nc3ccc(F)cc32)c(C)c1C(=O)NCC[Si](C)(C)O. The Morgan fingerprint density at radius 1 is 1.32 bits per heavy atom. The van der Waals surface area contributed by atoms with Crippen LogP contribution in [0.25, 0.3) is 11.6 Å². The van der Waals surface area contributed by atoms with Crippen molar-refractivity contribution < 1.29 is 18.8 Å². The fraction of sp³-hybridized carbons (Fsp3) is 0.300. The first kappa shape index (κ1) is 20.0. The van der Waals surface area contributed by atoms with E-state index in [1.165, 1.54) is 18.2 Å². The number of anilines is 1. The number of carbonyl (C=O) groups is 2. The van der Waals surface area contributed by atoms with Crippen LogP contribution in [0.5, 0.6) is 0 Å². The number of aryl methyl sites for hydroxylation is 1. The highest BCUT2D eigenvalue weighted by atomic mass is 28.4. The molecular formula is C20H24FN3O3Si. The molecule has 0 spiro atoms. The predicted molar refractivity (Wildman–Crippen MR) is 110 cm³/mol. The summed E-state index contributed by atoms with van der Waals surface area (Å²) in [5.41, 5.74) is 3.94. The molecule has 8 heteroatoms. The van der Waals surface area contributed by atoms with E-state index in [1.54, 1.807) is 19.9 Å². The van der Waals surface area contributed by atoms with E-state index in [0.29, 0.717) is 51.9 Å². The van der Waals surface area contributed by atoms with Crippen molar-refractivity contribution in [1.29, 1.82) is 0 Å². The minimum atomic E-state index is -2.22. The molecule has 148 valence electrons. The predicted octanol–water partition coefficient (Wildman–Crippen LogP) is 3.19. The van der Waals surface area contributed by atoms with Crippen LogP contribution in [0.15, 0.2) is 18.2 Å². The van der Waals surface area contributed by atoms with Gasteiger partial charge in [-0.3, -0.25) is 9.59 Å². The minimum absolute atomic E-state index is 0.225. The van der Waals surface area contributed by atoms with Crippen LogP contribution in [0.1, 0.15) is 32.9 Å². The number of halogens is 1. The number of rotatable bonds is 5. The van der Waals surface area contributed by atoms with E-state index in [9.17, 15) is 18.8 Å². The van der Waals surface area contributed by atoms with Gasteiger partial charge in [-0.05, 0) is 62.8 Å². The van der Waals surface area contributed by atoms with Gasteiger partial charge in [0.15, 0.2) is 8.32 Å². The van der Waals surface area contributed by atoms with Crippen LogP contribution < -0.4 is 10.6 Å². The van der Waals surface area contributed by atoms with Crippen molar-refractivity contribution in [3.63, 3.8) is 0 Å². The maximum atomic E-state index is 13.6. The third kappa shape index (κ3) is 4.07. The van der Waals surface area contributed by atoms with Gasteiger partial charge in [0.05, 0.1) is 11.1 Å². The molecule has 0 fully saturated rings. The number of carbonyl (C=O) groups excluding carboxylic acids is 2. The summed E-state index contributed by atoms with van der Waals surface area (Å²) in [7, 11) is -2.22. The normalized spacial score (nSPS) is 14.9. The summed E-state index contributed by atoms with van der Waals surface area (Å²) in [6.45, 7) is 7.64. The third-order valence-electron chi connectivity index (χ3n) is 4.78. The summed E-state index contributed by atoms with van der Waals surface area (Å²) >= 11 is 0. The molecule has 1 aliphatic heterocycles. The molecule has 28 heavy (non-hydrogen) atoms. The lowest BCUT2D eigenvalue weighted by Gasteiger charge is -2.14. The van der Waals surface area contributed by atoms with Crippen LogP contribution in [0.4, 0.5) is 10.1 Å². The summed E-state index contributed by atoms with van der Waals surface area (Å²) < 4.78 is 13.6. The highest BCUT2D eigenvalue weighted by Crippen LogP contribution is 2.34. The van der Waals surface area contributed by atoms with Crippen LogP contribution in [-0.4, -0.2) is 36.5 Å². The first-order valence-electron chi connectivity index (χ1n) is 9.09. The Hall–Kier alpha value is -2.71. The van der Waals surface area contributed by atoms with Gasteiger partial charge in [-0.15, -0.1) is 0 Å². The van der Waals surface area contributed by atoms with E-state index in [1.807, 2.05) is 13.1 Å². The Morgan fingerprint density at radius 3 is 2.71 bits per heavy atom. The Bertz CT molecular complexity index is 989. The fourth-order valence-electron chi connectivity index (χ4n) is 3.28. The monoisotopic (exact) mass is 401 g/mol. The second-order valence-electron chi connectivity index (χ2n) is 7.68. The van der Waals surface area contributed by atoms with Crippen LogP contribution in [-0.2, 0) is 4.79 Å². The van der Waals surface area contributed by atoms with Gasteiger partial charge in [-0.1, -0.05) is 0 Å². The average Bonchev–Trinajstić information content (AvgIpc) is 3.03. The summed E-state index contributed by atoms with van der Waals surface area (Å²) in [6.07, 6.45) is 1.64. The molecule has 0 unspecified atom stereocenters. The van der Waals surface area contributed by atoms with Crippen molar-refractivity contribution in [2.75, 3.05) is 11.9 Å². The second kappa shape index (κ2) is 7.37. The quantitative estimate of drug-likeness (QED) is 0.458. The van der Waals surface area contributed by atoms with Gasteiger partial charge in [0.25, 0.3) is 11.8 Å². The van der Waals surface area contributed by atoms with E-state index >= 15 is 0 Å². The van der Waals surface area contributed by atoms with Crippen molar-refractivity contribution in [2.45, 2.75) is 33.0 Å². The number of benzene rings is 1. The first-order valence-corrected chi connectivity index (χ1v) is 12.2. The van der Waals surface area contributed by atoms with Crippen molar-refractivity contribution in [3.8, 4) is 0 Å². The molecule has 1 aliphatic rings. The van der Waals surface area contributed by atoms with Gasteiger partial charge in [-0.2, -0.15) is 0 Å². The highest BCUT2D eigenvalue weighted by molar-refractivity contribution is 6.69. The summed E-state index contributed by atoms with van der Waals surface area (Å²) in [5, 5.41) is 5.56. The molecule has 2 amide bonds. The molecule has 4 N–H and O–H groups in total. The number of aromatic amines is 1. The van der Waals surface area contributed by atoms with Gasteiger partial charge in [0, 0.05) is 29.2 Å². The van der Waals surface area contributed by atoms with Gasteiger partial charge < -0.3 is 20.4 Å². The van der Waals surface area contributed by atoms with E-state index in [2.05, 4.69) is 15.6 Å². The standard InChI is InChI=1S/C20H24FN3O3Si/c1-11-17(10-15-14-9-13(21)5-6-16(14)24-19(15)25)23-12(2)18(11)20(26)22-7-8-28(3,4)27/h5-6,9-10,23,27H,7-8H2,1-4H3,(H,22,26)(H,24,25)/b15-10-. The van der Waals surface area contributed by atoms with Gasteiger partial charge in [-0.25, -0.2) is 4.39 Å². The lowest BCUT2D eigenvalue weighted by atomic mass is 10.0.